The first-order chi connectivity index (χ1) is 17.0. The minimum Gasteiger partial charge on any atom is -0.504 e. The van der Waals surface area contributed by atoms with Gasteiger partial charge in [0, 0.05) is 23.6 Å². The quantitative estimate of drug-likeness (QED) is 0.208. The zero-order chi connectivity index (χ0) is 24.6. The van der Waals surface area contributed by atoms with Crippen molar-refractivity contribution in [2.75, 3.05) is 12.4 Å². The average Bonchev–Trinajstić information content (AvgIpc) is 3.30. The summed E-state index contributed by atoms with van der Waals surface area (Å²) in [5.41, 5.74) is 6.10. The van der Waals surface area contributed by atoms with Gasteiger partial charge in [-0.1, -0.05) is 29.5 Å². The third kappa shape index (κ3) is 6.04. The number of amides is 1. The lowest BCUT2D eigenvalue weighted by Crippen LogP contribution is -2.20. The SMILES string of the molecule is CCOc1cc(/C=N/NC(=O)CSc2nnc(-c3ccncc3)n2-c2ccc(C)cc2)ccc1O. The van der Waals surface area contributed by atoms with Crippen LogP contribution in [0.25, 0.3) is 17.1 Å². The predicted octanol–water partition coefficient (Wildman–Crippen LogP) is 3.98. The van der Waals surface area contributed by atoms with E-state index in [0.29, 0.717) is 28.9 Å². The first-order valence-corrected chi connectivity index (χ1v) is 11.9. The topological polar surface area (TPSA) is 115 Å². The molecule has 9 nitrogen and oxygen atoms in total. The first kappa shape index (κ1) is 24.0. The number of hydrazone groups is 1. The maximum absolute atomic E-state index is 12.4. The molecule has 0 radical (unpaired) electrons. The highest BCUT2D eigenvalue weighted by Gasteiger charge is 2.17. The number of rotatable bonds is 9. The van der Waals surface area contributed by atoms with Crippen LogP contribution in [0.5, 0.6) is 11.5 Å². The van der Waals surface area contributed by atoms with Gasteiger partial charge in [0.05, 0.1) is 18.6 Å². The van der Waals surface area contributed by atoms with Gasteiger partial charge in [0.1, 0.15) is 0 Å². The number of benzene rings is 2. The van der Waals surface area contributed by atoms with E-state index in [9.17, 15) is 9.90 Å². The van der Waals surface area contributed by atoms with Crippen LogP contribution < -0.4 is 10.2 Å². The van der Waals surface area contributed by atoms with Crippen LogP contribution in [0.3, 0.4) is 0 Å². The Morgan fingerprint density at radius 1 is 1.14 bits per heavy atom. The van der Waals surface area contributed by atoms with Gasteiger partial charge in [0.15, 0.2) is 22.5 Å². The molecule has 35 heavy (non-hydrogen) atoms. The normalized spacial score (nSPS) is 11.0. The molecular weight excluding hydrogens is 464 g/mol. The van der Waals surface area contributed by atoms with E-state index in [2.05, 4.69) is 25.7 Å². The van der Waals surface area contributed by atoms with Gasteiger partial charge < -0.3 is 9.84 Å². The molecule has 0 atom stereocenters. The van der Waals surface area contributed by atoms with Crippen LogP contribution in [0.15, 0.2) is 77.2 Å². The fraction of sp³-hybridized carbons (Fsp3) is 0.160. The maximum atomic E-state index is 12.4. The maximum Gasteiger partial charge on any atom is 0.250 e. The first-order valence-electron chi connectivity index (χ1n) is 10.9. The van der Waals surface area contributed by atoms with Crippen molar-refractivity contribution in [3.05, 3.63) is 78.1 Å². The number of ether oxygens (including phenoxy) is 1. The Bertz CT molecular complexity index is 1320. The average molecular weight is 489 g/mol. The minimum atomic E-state index is -0.293. The molecule has 4 aromatic rings. The van der Waals surface area contributed by atoms with Gasteiger partial charge in [-0.15, -0.1) is 10.2 Å². The lowest BCUT2D eigenvalue weighted by atomic mass is 10.2. The monoisotopic (exact) mass is 488 g/mol. The highest BCUT2D eigenvalue weighted by molar-refractivity contribution is 7.99. The number of aromatic nitrogens is 4. The second kappa shape index (κ2) is 11.3. The molecule has 0 bridgehead atoms. The standard InChI is InChI=1S/C25H24N6O3S/c1-3-34-22-14-18(6-9-21(22)32)15-27-28-23(33)16-35-25-30-29-24(19-10-12-26-13-11-19)31(25)20-7-4-17(2)5-8-20/h4-15,32H,3,16H2,1-2H3,(H,28,33)/b27-15+. The lowest BCUT2D eigenvalue weighted by Gasteiger charge is -2.10. The van der Waals surface area contributed by atoms with Gasteiger partial charge >= 0.3 is 0 Å². The molecule has 178 valence electrons. The van der Waals surface area contributed by atoms with Crippen molar-refractivity contribution in [1.82, 2.24) is 25.2 Å². The fourth-order valence-electron chi connectivity index (χ4n) is 3.20. The summed E-state index contributed by atoms with van der Waals surface area (Å²) in [6, 6.07) is 16.6. The van der Waals surface area contributed by atoms with Crippen LogP contribution in [0, 0.1) is 6.92 Å². The summed E-state index contributed by atoms with van der Waals surface area (Å²) >= 11 is 1.26. The molecule has 0 aliphatic rings. The molecule has 2 aromatic carbocycles. The molecule has 2 N–H and O–H groups in total. The summed E-state index contributed by atoms with van der Waals surface area (Å²) in [5, 5.41) is 23.1. The summed E-state index contributed by atoms with van der Waals surface area (Å²) in [4.78, 5) is 16.5. The molecule has 10 heteroatoms. The molecule has 0 unspecified atom stereocenters. The van der Waals surface area contributed by atoms with Crippen molar-refractivity contribution in [2.45, 2.75) is 19.0 Å². The van der Waals surface area contributed by atoms with Crippen LogP contribution in [0.1, 0.15) is 18.1 Å². The largest absolute Gasteiger partial charge is 0.504 e. The number of hydrogen-bond acceptors (Lipinski definition) is 8. The van der Waals surface area contributed by atoms with Gasteiger partial charge in [-0.25, -0.2) is 5.43 Å². The number of thioether (sulfide) groups is 1. The lowest BCUT2D eigenvalue weighted by molar-refractivity contribution is -0.118. The van der Waals surface area contributed by atoms with Crippen molar-refractivity contribution in [2.24, 2.45) is 5.10 Å². The van der Waals surface area contributed by atoms with Gasteiger partial charge in [-0.05, 0) is 61.9 Å². The van der Waals surface area contributed by atoms with E-state index >= 15 is 0 Å². The zero-order valence-electron chi connectivity index (χ0n) is 19.3. The van der Waals surface area contributed by atoms with E-state index in [1.165, 1.54) is 24.0 Å². The number of phenolic OH excluding ortho intramolecular Hbond substituents is 1. The Morgan fingerprint density at radius 2 is 1.91 bits per heavy atom. The minimum absolute atomic E-state index is 0.0493. The third-order valence-electron chi connectivity index (χ3n) is 4.88. The Hall–Kier alpha value is -4.18. The van der Waals surface area contributed by atoms with Crippen LogP contribution in [0.2, 0.25) is 0 Å². The molecule has 1 amide bonds. The fourth-order valence-corrected chi connectivity index (χ4v) is 3.95. The van der Waals surface area contributed by atoms with Crippen molar-refractivity contribution < 1.29 is 14.6 Å². The number of pyridine rings is 1. The summed E-state index contributed by atoms with van der Waals surface area (Å²) < 4.78 is 7.28. The summed E-state index contributed by atoms with van der Waals surface area (Å²) in [6.07, 6.45) is 4.89. The summed E-state index contributed by atoms with van der Waals surface area (Å²) in [5.74, 6) is 0.873. The van der Waals surface area contributed by atoms with Crippen molar-refractivity contribution in [1.29, 1.82) is 0 Å². The Labute approximate surface area is 206 Å². The molecule has 4 rings (SSSR count). The summed E-state index contributed by atoms with van der Waals surface area (Å²) in [7, 11) is 0. The van der Waals surface area contributed by atoms with Gasteiger partial charge in [-0.2, -0.15) is 5.10 Å². The molecule has 0 spiro atoms. The highest BCUT2D eigenvalue weighted by atomic mass is 32.2. The second-order valence-electron chi connectivity index (χ2n) is 7.46. The Morgan fingerprint density at radius 3 is 2.66 bits per heavy atom. The smallest absolute Gasteiger partial charge is 0.250 e. The van der Waals surface area contributed by atoms with E-state index in [0.717, 1.165) is 16.8 Å². The molecular formula is C25H24N6O3S. The van der Waals surface area contributed by atoms with E-state index in [1.54, 1.807) is 24.5 Å². The number of nitrogens with zero attached hydrogens (tertiary/aromatic N) is 5. The van der Waals surface area contributed by atoms with Gasteiger partial charge in [0.25, 0.3) is 5.91 Å². The van der Waals surface area contributed by atoms with Gasteiger partial charge in [0.2, 0.25) is 0 Å². The van der Waals surface area contributed by atoms with Crippen LogP contribution >= 0.6 is 11.8 Å². The predicted molar refractivity (Wildman–Crippen MR) is 135 cm³/mol. The Balaban J connectivity index is 1.46. The molecule has 2 heterocycles. The molecule has 0 aliphatic carbocycles. The number of phenols is 1. The van der Waals surface area contributed by atoms with Crippen LogP contribution in [-0.2, 0) is 4.79 Å². The van der Waals surface area contributed by atoms with Crippen LogP contribution in [0.4, 0.5) is 0 Å². The second-order valence-corrected chi connectivity index (χ2v) is 8.40. The molecule has 2 aromatic heterocycles. The molecule has 0 saturated heterocycles. The highest BCUT2D eigenvalue weighted by Crippen LogP contribution is 2.28. The number of aromatic hydroxyl groups is 1. The molecule has 0 fully saturated rings. The molecule has 0 aliphatic heterocycles. The Kier molecular flexibility index (Phi) is 7.74. The number of hydrogen-bond donors (Lipinski definition) is 2. The number of carbonyl (C=O) groups excluding carboxylic acids is 1. The summed E-state index contributed by atoms with van der Waals surface area (Å²) in [6.45, 7) is 4.28. The number of carbonyl (C=O) groups is 1. The van der Waals surface area contributed by atoms with E-state index in [4.69, 9.17) is 4.74 Å². The van der Waals surface area contributed by atoms with Crippen molar-refractivity contribution in [3.63, 3.8) is 0 Å². The zero-order valence-corrected chi connectivity index (χ0v) is 20.1. The van der Waals surface area contributed by atoms with Crippen molar-refractivity contribution in [3.8, 4) is 28.6 Å². The van der Waals surface area contributed by atoms with E-state index < -0.39 is 0 Å². The van der Waals surface area contributed by atoms with Crippen LogP contribution in [-0.4, -0.2) is 49.3 Å². The van der Waals surface area contributed by atoms with E-state index in [-0.39, 0.29) is 17.4 Å². The number of aryl methyl sites for hydroxylation is 1. The van der Waals surface area contributed by atoms with Gasteiger partial charge in [-0.3, -0.25) is 14.3 Å². The third-order valence-corrected chi connectivity index (χ3v) is 5.81. The molecule has 0 saturated carbocycles. The number of nitrogens with one attached hydrogen (secondary N) is 1. The van der Waals surface area contributed by atoms with Crippen molar-refractivity contribution >= 4 is 23.9 Å². The van der Waals surface area contributed by atoms with E-state index in [1.807, 2.05) is 54.8 Å².